The van der Waals surface area contributed by atoms with E-state index in [9.17, 15) is 8.78 Å². The van der Waals surface area contributed by atoms with Crippen molar-refractivity contribution in [3.05, 3.63) is 23.8 Å². The minimum atomic E-state index is -2.43. The topological polar surface area (TPSA) is 49.5 Å². The van der Waals surface area contributed by atoms with Gasteiger partial charge in [-0.05, 0) is 30.7 Å². The number of nitrogens with zero attached hydrogens (tertiary/aromatic N) is 1. The number of alkyl halides is 2. The van der Waals surface area contributed by atoms with Crippen LogP contribution in [0.3, 0.4) is 0 Å². The second kappa shape index (κ2) is 5.65. The molecule has 0 spiro atoms. The van der Waals surface area contributed by atoms with Gasteiger partial charge in [-0.3, -0.25) is 0 Å². The number of aryl methyl sites for hydroxylation is 1. The van der Waals surface area contributed by atoms with Gasteiger partial charge in [0, 0.05) is 17.9 Å². The Balaban J connectivity index is 2.91. The van der Waals surface area contributed by atoms with E-state index in [2.05, 4.69) is 0 Å². The van der Waals surface area contributed by atoms with Crippen LogP contribution >= 0.6 is 0 Å². The van der Waals surface area contributed by atoms with Gasteiger partial charge in [0.2, 0.25) is 0 Å². The number of benzene rings is 1. The van der Waals surface area contributed by atoms with Gasteiger partial charge >= 0.3 is 0 Å². The summed E-state index contributed by atoms with van der Waals surface area (Å²) in [6.45, 7) is 1.46. The zero-order valence-electron chi connectivity index (χ0n) is 9.16. The number of rotatable bonds is 5. The number of anilines is 2. The molecule has 1 aromatic rings. The number of hydrogen-bond acceptors (Lipinski definition) is 3. The molecule has 3 N–H and O–H groups in total. The van der Waals surface area contributed by atoms with E-state index >= 15 is 0 Å². The minimum absolute atomic E-state index is 0.156. The van der Waals surface area contributed by atoms with Crippen LogP contribution in [-0.4, -0.2) is 31.2 Å². The van der Waals surface area contributed by atoms with Gasteiger partial charge in [-0.15, -0.1) is 0 Å². The number of aliphatic hydroxyl groups excluding tert-OH is 1. The van der Waals surface area contributed by atoms with Crippen LogP contribution < -0.4 is 10.6 Å². The van der Waals surface area contributed by atoms with Gasteiger partial charge in [0.25, 0.3) is 6.43 Å². The lowest BCUT2D eigenvalue weighted by Gasteiger charge is -2.25. The van der Waals surface area contributed by atoms with Gasteiger partial charge in [-0.2, -0.15) is 0 Å². The summed E-state index contributed by atoms with van der Waals surface area (Å²) < 4.78 is 24.7. The van der Waals surface area contributed by atoms with Crippen molar-refractivity contribution in [2.45, 2.75) is 13.3 Å². The van der Waals surface area contributed by atoms with Crippen LogP contribution in [0, 0.1) is 6.92 Å². The zero-order chi connectivity index (χ0) is 12.1. The van der Waals surface area contributed by atoms with Gasteiger partial charge in [0.1, 0.15) is 0 Å². The molecule has 16 heavy (non-hydrogen) atoms. The molecule has 5 heteroatoms. The maximum Gasteiger partial charge on any atom is 0.255 e. The molecular weight excluding hydrogens is 214 g/mol. The van der Waals surface area contributed by atoms with E-state index in [1.165, 1.54) is 4.90 Å². The predicted octanol–water partition coefficient (Wildman–Crippen LogP) is 1.64. The second-order valence-corrected chi connectivity index (χ2v) is 3.61. The number of nitrogen functional groups attached to an aromatic ring is 1. The molecule has 0 aliphatic carbocycles. The first-order valence-electron chi connectivity index (χ1n) is 5.04. The van der Waals surface area contributed by atoms with Gasteiger partial charge in [-0.25, -0.2) is 8.78 Å². The van der Waals surface area contributed by atoms with E-state index in [-0.39, 0.29) is 19.7 Å². The van der Waals surface area contributed by atoms with E-state index in [0.29, 0.717) is 11.4 Å². The average Bonchev–Trinajstić information content (AvgIpc) is 2.16. The van der Waals surface area contributed by atoms with Crippen molar-refractivity contribution < 1.29 is 13.9 Å². The van der Waals surface area contributed by atoms with Crippen LogP contribution in [0.15, 0.2) is 18.2 Å². The molecule has 1 rings (SSSR count). The molecule has 0 heterocycles. The summed E-state index contributed by atoms with van der Waals surface area (Å²) in [5, 5.41) is 8.85. The highest BCUT2D eigenvalue weighted by Gasteiger charge is 2.14. The van der Waals surface area contributed by atoms with Crippen molar-refractivity contribution >= 4 is 11.4 Å². The summed E-state index contributed by atoms with van der Waals surface area (Å²) in [5.74, 6) is 0. The molecule has 0 saturated heterocycles. The predicted molar refractivity (Wildman–Crippen MR) is 60.9 cm³/mol. The number of aliphatic hydroxyl groups is 1. The number of nitrogens with two attached hydrogens (primary N) is 1. The van der Waals surface area contributed by atoms with Crippen LogP contribution in [0.25, 0.3) is 0 Å². The molecule has 0 atom stereocenters. The summed E-state index contributed by atoms with van der Waals surface area (Å²) in [7, 11) is 0. The Morgan fingerprint density at radius 1 is 1.44 bits per heavy atom. The number of halogens is 2. The fraction of sp³-hybridized carbons (Fsp3) is 0.455. The molecule has 1 aromatic carbocycles. The standard InChI is InChI=1S/C11H16F2N2O/c1-8-6-9(14)2-3-10(8)15(4-5-16)7-11(12)13/h2-3,6,11,16H,4-5,7,14H2,1H3. The molecule has 0 amide bonds. The van der Waals surface area contributed by atoms with E-state index in [1.807, 2.05) is 6.92 Å². The van der Waals surface area contributed by atoms with Crippen molar-refractivity contribution in [3.63, 3.8) is 0 Å². The highest BCUT2D eigenvalue weighted by Crippen LogP contribution is 2.22. The summed E-state index contributed by atoms with van der Waals surface area (Å²) in [5.41, 5.74) is 7.70. The van der Waals surface area contributed by atoms with Crippen molar-refractivity contribution in [1.82, 2.24) is 0 Å². The lowest BCUT2D eigenvalue weighted by atomic mass is 10.1. The monoisotopic (exact) mass is 230 g/mol. The molecular formula is C11H16F2N2O. The van der Waals surface area contributed by atoms with Crippen LogP contribution in [0.5, 0.6) is 0 Å². The SMILES string of the molecule is Cc1cc(N)ccc1N(CCO)CC(F)F. The van der Waals surface area contributed by atoms with Crippen molar-refractivity contribution in [1.29, 1.82) is 0 Å². The van der Waals surface area contributed by atoms with E-state index in [0.717, 1.165) is 5.56 Å². The van der Waals surface area contributed by atoms with Crippen molar-refractivity contribution in [2.24, 2.45) is 0 Å². The number of hydrogen-bond donors (Lipinski definition) is 2. The highest BCUT2D eigenvalue weighted by molar-refractivity contribution is 5.59. The van der Waals surface area contributed by atoms with E-state index in [4.69, 9.17) is 10.8 Å². The fourth-order valence-electron chi connectivity index (χ4n) is 1.63. The van der Waals surface area contributed by atoms with Crippen LogP contribution in [-0.2, 0) is 0 Å². The summed E-state index contributed by atoms with van der Waals surface area (Å²) in [4.78, 5) is 1.46. The Bertz CT molecular complexity index is 345. The normalized spacial score (nSPS) is 10.8. The molecule has 3 nitrogen and oxygen atoms in total. The Morgan fingerprint density at radius 3 is 2.62 bits per heavy atom. The van der Waals surface area contributed by atoms with Crippen LogP contribution in [0.4, 0.5) is 20.2 Å². The van der Waals surface area contributed by atoms with E-state index < -0.39 is 6.43 Å². The van der Waals surface area contributed by atoms with Crippen LogP contribution in [0.2, 0.25) is 0 Å². The first-order chi connectivity index (χ1) is 7.54. The fourth-order valence-corrected chi connectivity index (χ4v) is 1.63. The Hall–Kier alpha value is -1.36. The third-order valence-corrected chi connectivity index (χ3v) is 2.29. The Morgan fingerprint density at radius 2 is 2.12 bits per heavy atom. The van der Waals surface area contributed by atoms with Gasteiger partial charge < -0.3 is 15.7 Å². The Kier molecular flexibility index (Phi) is 4.49. The average molecular weight is 230 g/mol. The zero-order valence-corrected chi connectivity index (χ0v) is 9.16. The molecule has 0 bridgehead atoms. The second-order valence-electron chi connectivity index (χ2n) is 3.61. The lowest BCUT2D eigenvalue weighted by molar-refractivity contribution is 0.153. The maximum atomic E-state index is 12.4. The first-order valence-corrected chi connectivity index (χ1v) is 5.04. The lowest BCUT2D eigenvalue weighted by Crippen LogP contribution is -2.32. The molecule has 90 valence electrons. The maximum absolute atomic E-state index is 12.4. The molecule has 0 aromatic heterocycles. The summed E-state index contributed by atoms with van der Waals surface area (Å²) in [6.07, 6.45) is -2.43. The summed E-state index contributed by atoms with van der Waals surface area (Å²) >= 11 is 0. The summed E-state index contributed by atoms with van der Waals surface area (Å²) in [6, 6.07) is 5.09. The van der Waals surface area contributed by atoms with Crippen molar-refractivity contribution in [2.75, 3.05) is 30.3 Å². The highest BCUT2D eigenvalue weighted by atomic mass is 19.3. The molecule has 0 radical (unpaired) electrons. The molecule has 0 aliphatic heterocycles. The first kappa shape index (κ1) is 12.7. The largest absolute Gasteiger partial charge is 0.399 e. The van der Waals surface area contributed by atoms with Gasteiger partial charge in [0.15, 0.2) is 0 Å². The molecule has 0 aliphatic rings. The third kappa shape index (κ3) is 3.34. The third-order valence-electron chi connectivity index (χ3n) is 2.29. The van der Waals surface area contributed by atoms with Crippen LogP contribution in [0.1, 0.15) is 5.56 Å². The van der Waals surface area contributed by atoms with Gasteiger partial charge in [0.05, 0.1) is 13.2 Å². The van der Waals surface area contributed by atoms with Crippen molar-refractivity contribution in [3.8, 4) is 0 Å². The minimum Gasteiger partial charge on any atom is -0.399 e. The Labute approximate surface area is 93.5 Å². The molecule has 0 fully saturated rings. The molecule has 0 unspecified atom stereocenters. The van der Waals surface area contributed by atoms with E-state index in [1.54, 1.807) is 18.2 Å². The molecule has 0 saturated carbocycles. The van der Waals surface area contributed by atoms with Gasteiger partial charge in [-0.1, -0.05) is 0 Å². The quantitative estimate of drug-likeness (QED) is 0.756. The smallest absolute Gasteiger partial charge is 0.255 e.